The van der Waals surface area contributed by atoms with Gasteiger partial charge in [-0.25, -0.2) is 9.59 Å². The summed E-state index contributed by atoms with van der Waals surface area (Å²) in [5.41, 5.74) is 1.90. The van der Waals surface area contributed by atoms with E-state index in [0.717, 1.165) is 16.3 Å². The Hall–Kier alpha value is -3.96. The lowest BCUT2D eigenvalue weighted by molar-refractivity contribution is 0.0683. The molecule has 0 aliphatic carbocycles. The maximum absolute atomic E-state index is 12.8. The minimum absolute atomic E-state index is 0.0131. The zero-order chi connectivity index (χ0) is 24.1. The van der Waals surface area contributed by atoms with Crippen LogP contribution in [0.1, 0.15) is 47.1 Å². The van der Waals surface area contributed by atoms with E-state index >= 15 is 0 Å². The van der Waals surface area contributed by atoms with E-state index in [2.05, 4.69) is 26.1 Å². The van der Waals surface area contributed by atoms with Gasteiger partial charge in [-0.05, 0) is 79.6 Å². The quantitative estimate of drug-likeness (QED) is 0.280. The van der Waals surface area contributed by atoms with Crippen LogP contribution in [0.3, 0.4) is 0 Å². The van der Waals surface area contributed by atoms with Crippen molar-refractivity contribution < 1.29 is 19.1 Å². The number of carbonyl (C=O) groups excluding carboxylic acids is 2. The molecule has 0 aromatic heterocycles. The SMILES string of the molecule is CC(C)(C)NCc1ccc2cc(OC(=O)c3ccccc3)c(OC(=O)c3ccccc3)cc2c1. The van der Waals surface area contributed by atoms with Crippen LogP contribution in [0.5, 0.6) is 11.5 Å². The molecule has 4 aromatic rings. The lowest BCUT2D eigenvalue weighted by Crippen LogP contribution is -2.35. The lowest BCUT2D eigenvalue weighted by Gasteiger charge is -2.20. The molecule has 5 heteroatoms. The van der Waals surface area contributed by atoms with E-state index in [1.54, 1.807) is 60.7 Å². The average Bonchev–Trinajstić information content (AvgIpc) is 2.83. The Morgan fingerprint density at radius 2 is 1.18 bits per heavy atom. The molecule has 0 spiro atoms. The fourth-order valence-corrected chi connectivity index (χ4v) is 3.41. The number of hydrogen-bond donors (Lipinski definition) is 1. The Morgan fingerprint density at radius 1 is 0.676 bits per heavy atom. The molecule has 0 saturated heterocycles. The number of hydrogen-bond acceptors (Lipinski definition) is 5. The molecular formula is C29H27NO4. The Labute approximate surface area is 199 Å². The van der Waals surface area contributed by atoms with Crippen molar-refractivity contribution in [1.29, 1.82) is 0 Å². The van der Waals surface area contributed by atoms with Crippen LogP contribution in [-0.4, -0.2) is 17.5 Å². The van der Waals surface area contributed by atoms with Gasteiger partial charge >= 0.3 is 11.9 Å². The summed E-state index contributed by atoms with van der Waals surface area (Å²) in [5, 5.41) is 5.22. The summed E-state index contributed by atoms with van der Waals surface area (Å²) >= 11 is 0. The molecule has 0 aliphatic rings. The smallest absolute Gasteiger partial charge is 0.343 e. The third-order valence-electron chi connectivity index (χ3n) is 5.21. The zero-order valence-corrected chi connectivity index (χ0v) is 19.5. The topological polar surface area (TPSA) is 64.6 Å². The first-order chi connectivity index (χ1) is 16.3. The van der Waals surface area contributed by atoms with Gasteiger partial charge in [0.25, 0.3) is 0 Å². The molecule has 0 heterocycles. The van der Waals surface area contributed by atoms with Gasteiger partial charge in [0.2, 0.25) is 0 Å². The van der Waals surface area contributed by atoms with Crippen molar-refractivity contribution in [2.24, 2.45) is 0 Å². The van der Waals surface area contributed by atoms with Gasteiger partial charge in [-0.2, -0.15) is 0 Å². The van der Waals surface area contributed by atoms with Crippen molar-refractivity contribution in [3.63, 3.8) is 0 Å². The first kappa shape index (κ1) is 23.2. The van der Waals surface area contributed by atoms with E-state index in [-0.39, 0.29) is 17.0 Å². The molecule has 5 nitrogen and oxygen atoms in total. The molecule has 4 aromatic carbocycles. The van der Waals surface area contributed by atoms with Gasteiger partial charge in [-0.3, -0.25) is 0 Å². The lowest BCUT2D eigenvalue weighted by atomic mass is 10.0. The van der Waals surface area contributed by atoms with Crippen molar-refractivity contribution in [3.8, 4) is 11.5 Å². The molecule has 0 saturated carbocycles. The maximum Gasteiger partial charge on any atom is 0.343 e. The Kier molecular flexibility index (Phi) is 6.75. The highest BCUT2D eigenvalue weighted by atomic mass is 16.6. The van der Waals surface area contributed by atoms with E-state index in [1.165, 1.54) is 0 Å². The van der Waals surface area contributed by atoms with Crippen molar-refractivity contribution in [2.45, 2.75) is 32.9 Å². The highest BCUT2D eigenvalue weighted by Crippen LogP contribution is 2.34. The summed E-state index contributed by atoms with van der Waals surface area (Å²) in [5.74, 6) is -0.678. The van der Waals surface area contributed by atoms with Crippen molar-refractivity contribution in [1.82, 2.24) is 5.32 Å². The van der Waals surface area contributed by atoms with E-state index in [0.29, 0.717) is 17.7 Å². The zero-order valence-electron chi connectivity index (χ0n) is 19.5. The molecule has 1 N–H and O–H groups in total. The van der Waals surface area contributed by atoms with Crippen molar-refractivity contribution in [3.05, 3.63) is 108 Å². The fraction of sp³-hybridized carbons (Fsp3) is 0.172. The molecule has 34 heavy (non-hydrogen) atoms. The van der Waals surface area contributed by atoms with Crippen LogP contribution >= 0.6 is 0 Å². The first-order valence-electron chi connectivity index (χ1n) is 11.1. The first-order valence-corrected chi connectivity index (χ1v) is 11.1. The predicted molar refractivity (Wildman–Crippen MR) is 133 cm³/mol. The third kappa shape index (κ3) is 5.88. The third-order valence-corrected chi connectivity index (χ3v) is 5.21. The van der Waals surface area contributed by atoms with Gasteiger partial charge in [0.05, 0.1) is 11.1 Å². The van der Waals surface area contributed by atoms with Crippen molar-refractivity contribution in [2.75, 3.05) is 0 Å². The van der Waals surface area contributed by atoms with Crippen LogP contribution in [0.25, 0.3) is 10.8 Å². The molecule has 4 rings (SSSR count). The summed E-state index contributed by atoms with van der Waals surface area (Å²) in [6.07, 6.45) is 0. The predicted octanol–water partition coefficient (Wildman–Crippen LogP) is 6.17. The van der Waals surface area contributed by atoms with Crippen LogP contribution in [-0.2, 0) is 6.54 Å². The minimum Gasteiger partial charge on any atom is -0.419 e. The number of rotatable bonds is 6. The highest BCUT2D eigenvalue weighted by molar-refractivity contribution is 5.95. The summed E-state index contributed by atoms with van der Waals surface area (Å²) in [7, 11) is 0. The molecular weight excluding hydrogens is 426 g/mol. The average molecular weight is 454 g/mol. The second-order valence-corrected chi connectivity index (χ2v) is 9.10. The number of nitrogens with one attached hydrogen (secondary N) is 1. The molecule has 0 aliphatic heterocycles. The van der Waals surface area contributed by atoms with Crippen LogP contribution in [0, 0.1) is 0 Å². The molecule has 0 amide bonds. The summed E-state index contributed by atoms with van der Waals surface area (Å²) in [6, 6.07) is 26.9. The van der Waals surface area contributed by atoms with E-state index in [9.17, 15) is 9.59 Å². The summed E-state index contributed by atoms with van der Waals surface area (Å²) in [6.45, 7) is 7.04. The van der Waals surface area contributed by atoms with Gasteiger partial charge in [0.15, 0.2) is 11.5 Å². The van der Waals surface area contributed by atoms with Crippen molar-refractivity contribution >= 4 is 22.7 Å². The largest absolute Gasteiger partial charge is 0.419 e. The van der Waals surface area contributed by atoms with E-state index in [4.69, 9.17) is 9.47 Å². The van der Waals surface area contributed by atoms with Gasteiger partial charge in [-0.1, -0.05) is 48.5 Å². The highest BCUT2D eigenvalue weighted by Gasteiger charge is 2.18. The number of esters is 2. The Morgan fingerprint density at radius 3 is 1.68 bits per heavy atom. The number of carbonyl (C=O) groups is 2. The second-order valence-electron chi connectivity index (χ2n) is 9.10. The second kappa shape index (κ2) is 9.89. The summed E-state index contributed by atoms with van der Waals surface area (Å²) < 4.78 is 11.4. The van der Waals surface area contributed by atoms with Gasteiger partial charge in [0, 0.05) is 12.1 Å². The Bertz CT molecular complexity index is 1310. The van der Waals surface area contributed by atoms with Crippen LogP contribution in [0.15, 0.2) is 91.0 Å². The van der Waals surface area contributed by atoms with E-state index < -0.39 is 11.9 Å². The van der Waals surface area contributed by atoms with E-state index in [1.807, 2.05) is 30.3 Å². The fourth-order valence-electron chi connectivity index (χ4n) is 3.41. The normalized spacial score (nSPS) is 11.3. The molecule has 0 fully saturated rings. The van der Waals surface area contributed by atoms with Gasteiger partial charge < -0.3 is 14.8 Å². The summed E-state index contributed by atoms with van der Waals surface area (Å²) in [4.78, 5) is 25.5. The number of ether oxygens (including phenoxy) is 2. The van der Waals surface area contributed by atoms with Gasteiger partial charge in [-0.15, -0.1) is 0 Å². The Balaban J connectivity index is 1.69. The van der Waals surface area contributed by atoms with Gasteiger partial charge in [0.1, 0.15) is 0 Å². The monoisotopic (exact) mass is 453 g/mol. The molecule has 0 atom stereocenters. The maximum atomic E-state index is 12.8. The minimum atomic E-state index is -0.525. The molecule has 0 unspecified atom stereocenters. The molecule has 0 bridgehead atoms. The number of fused-ring (bicyclic) bond motifs is 1. The van der Waals surface area contributed by atoms with Crippen LogP contribution in [0.4, 0.5) is 0 Å². The number of benzene rings is 4. The molecule has 0 radical (unpaired) electrons. The van der Waals surface area contributed by atoms with Crippen LogP contribution < -0.4 is 14.8 Å². The molecule has 172 valence electrons. The standard InChI is InChI=1S/C29H27NO4/c1-29(2,3)30-19-20-14-15-23-17-25(33-27(31)21-10-6-4-7-11-21)26(18-24(23)16-20)34-28(32)22-12-8-5-9-13-22/h4-18,30H,19H2,1-3H3. The van der Waals surface area contributed by atoms with Crippen LogP contribution in [0.2, 0.25) is 0 Å².